The lowest BCUT2D eigenvalue weighted by atomic mass is 9.88. The van der Waals surface area contributed by atoms with E-state index in [1.54, 1.807) is 6.92 Å². The molecule has 1 rings (SSSR count). The van der Waals surface area contributed by atoms with Gasteiger partial charge < -0.3 is 15.4 Å². The summed E-state index contributed by atoms with van der Waals surface area (Å²) in [6.45, 7) is 10.8. The molecule has 0 atom stereocenters. The predicted octanol–water partition coefficient (Wildman–Crippen LogP) is 4.74. The lowest BCUT2D eigenvalue weighted by Gasteiger charge is -2.31. The van der Waals surface area contributed by atoms with Gasteiger partial charge in [-0.2, -0.15) is 0 Å². The van der Waals surface area contributed by atoms with Crippen molar-refractivity contribution in [1.29, 1.82) is 0 Å². The second-order valence-electron chi connectivity index (χ2n) is 9.91. The minimum atomic E-state index is -0.382. The van der Waals surface area contributed by atoms with Crippen LogP contribution in [-0.4, -0.2) is 36.1 Å². The zero-order chi connectivity index (χ0) is 22.5. The molecule has 1 aliphatic rings. The van der Waals surface area contributed by atoms with Gasteiger partial charge in [-0.15, -0.1) is 5.92 Å². The first-order valence-corrected chi connectivity index (χ1v) is 11.7. The smallest absolute Gasteiger partial charge is 0.220 e. The normalized spacial score (nSPS) is 16.0. The fraction of sp³-hybridized carbons (Fsp3) is 0.840. The summed E-state index contributed by atoms with van der Waals surface area (Å²) >= 11 is 0. The summed E-state index contributed by atoms with van der Waals surface area (Å²) in [5.74, 6) is 6.28. The van der Waals surface area contributed by atoms with E-state index in [4.69, 9.17) is 4.74 Å². The molecule has 5 nitrogen and oxygen atoms in total. The molecule has 30 heavy (non-hydrogen) atoms. The Bertz CT molecular complexity index is 579. The largest absolute Gasteiger partial charge is 0.375 e. The SMILES string of the molecule is CC#CCNC(=O)CCC(C)(C)OCCC(C)(C)NC(=O)CC1CCCCCCC1. The molecule has 5 heteroatoms. The second-order valence-corrected chi connectivity index (χ2v) is 9.91. The van der Waals surface area contributed by atoms with Gasteiger partial charge in [-0.1, -0.05) is 38.0 Å². The highest BCUT2D eigenvalue weighted by atomic mass is 16.5. The van der Waals surface area contributed by atoms with Crippen LogP contribution in [0.5, 0.6) is 0 Å². The maximum absolute atomic E-state index is 12.6. The van der Waals surface area contributed by atoms with Gasteiger partial charge in [0.15, 0.2) is 0 Å². The van der Waals surface area contributed by atoms with Crippen molar-refractivity contribution in [2.75, 3.05) is 13.2 Å². The van der Waals surface area contributed by atoms with E-state index in [0.717, 1.165) is 6.42 Å². The lowest BCUT2D eigenvalue weighted by Crippen LogP contribution is -2.45. The number of hydrogen-bond acceptors (Lipinski definition) is 3. The van der Waals surface area contributed by atoms with Gasteiger partial charge in [0.2, 0.25) is 11.8 Å². The van der Waals surface area contributed by atoms with Crippen LogP contribution in [0.4, 0.5) is 0 Å². The molecular formula is C25H44N2O3. The van der Waals surface area contributed by atoms with E-state index in [1.807, 2.05) is 13.8 Å². The number of hydrogen-bond donors (Lipinski definition) is 2. The molecule has 1 fully saturated rings. The summed E-state index contributed by atoms with van der Waals surface area (Å²) in [6.07, 6.45) is 11.3. The number of ether oxygens (including phenoxy) is 1. The molecule has 0 bridgehead atoms. The summed E-state index contributed by atoms with van der Waals surface area (Å²) in [6, 6.07) is 0. The van der Waals surface area contributed by atoms with Crippen molar-refractivity contribution in [3.63, 3.8) is 0 Å². The van der Waals surface area contributed by atoms with Gasteiger partial charge in [0, 0.05) is 25.0 Å². The Morgan fingerprint density at radius 3 is 2.23 bits per heavy atom. The Morgan fingerprint density at radius 2 is 1.60 bits per heavy atom. The summed E-state index contributed by atoms with van der Waals surface area (Å²) in [5, 5.41) is 5.99. The third kappa shape index (κ3) is 12.9. The molecule has 0 unspecified atom stereocenters. The molecule has 2 amide bonds. The number of carbonyl (C=O) groups excluding carboxylic acids is 2. The minimum Gasteiger partial charge on any atom is -0.375 e. The van der Waals surface area contributed by atoms with Gasteiger partial charge in [0.05, 0.1) is 12.1 Å². The van der Waals surface area contributed by atoms with Gasteiger partial charge in [-0.3, -0.25) is 9.59 Å². The summed E-state index contributed by atoms with van der Waals surface area (Å²) < 4.78 is 6.04. The molecule has 0 heterocycles. The fourth-order valence-corrected chi connectivity index (χ4v) is 3.89. The van der Waals surface area contributed by atoms with Crippen LogP contribution in [0, 0.1) is 17.8 Å². The maximum Gasteiger partial charge on any atom is 0.220 e. The molecular weight excluding hydrogens is 376 g/mol. The lowest BCUT2D eigenvalue weighted by molar-refractivity contribution is -0.125. The topological polar surface area (TPSA) is 67.4 Å². The first kappa shape index (κ1) is 26.5. The van der Waals surface area contributed by atoms with Gasteiger partial charge in [-0.25, -0.2) is 0 Å². The van der Waals surface area contributed by atoms with Crippen LogP contribution in [-0.2, 0) is 14.3 Å². The zero-order valence-corrected chi connectivity index (χ0v) is 20.0. The number of rotatable bonds is 11. The van der Waals surface area contributed by atoms with E-state index in [2.05, 4.69) is 36.3 Å². The maximum atomic E-state index is 12.6. The Kier molecular flexibility index (Phi) is 12.1. The average molecular weight is 421 g/mol. The van der Waals surface area contributed by atoms with Crippen LogP contribution >= 0.6 is 0 Å². The Labute approximate surface area is 184 Å². The third-order valence-electron chi connectivity index (χ3n) is 5.90. The molecule has 0 spiro atoms. The van der Waals surface area contributed by atoms with Crippen molar-refractivity contribution >= 4 is 11.8 Å². The van der Waals surface area contributed by atoms with Crippen LogP contribution in [0.25, 0.3) is 0 Å². The summed E-state index contributed by atoms with van der Waals surface area (Å²) in [7, 11) is 0. The number of nitrogens with one attached hydrogen (secondary N) is 2. The molecule has 1 saturated carbocycles. The van der Waals surface area contributed by atoms with E-state index in [0.29, 0.717) is 38.3 Å². The first-order valence-electron chi connectivity index (χ1n) is 11.7. The second kappa shape index (κ2) is 13.7. The highest BCUT2D eigenvalue weighted by molar-refractivity contribution is 5.77. The molecule has 0 aromatic rings. The van der Waals surface area contributed by atoms with E-state index < -0.39 is 0 Å². The quantitative estimate of drug-likeness (QED) is 0.475. The van der Waals surface area contributed by atoms with Crippen LogP contribution in [0.15, 0.2) is 0 Å². The summed E-state index contributed by atoms with van der Waals surface area (Å²) in [4.78, 5) is 24.4. The summed E-state index contributed by atoms with van der Waals surface area (Å²) in [5.41, 5.74) is -0.683. The monoisotopic (exact) mass is 420 g/mol. The van der Waals surface area contributed by atoms with Crippen molar-refractivity contribution in [2.45, 2.75) is 116 Å². The van der Waals surface area contributed by atoms with Gasteiger partial charge in [-0.05, 0) is 66.2 Å². The molecule has 2 N–H and O–H groups in total. The number of carbonyl (C=O) groups is 2. The van der Waals surface area contributed by atoms with E-state index in [9.17, 15) is 9.59 Å². The Balaban J connectivity index is 2.30. The van der Waals surface area contributed by atoms with Crippen LogP contribution in [0.3, 0.4) is 0 Å². The molecule has 0 aromatic heterocycles. The van der Waals surface area contributed by atoms with Crippen molar-refractivity contribution in [3.8, 4) is 11.8 Å². The van der Waals surface area contributed by atoms with Gasteiger partial charge in [0.1, 0.15) is 0 Å². The first-order chi connectivity index (χ1) is 14.1. The van der Waals surface area contributed by atoms with Gasteiger partial charge >= 0.3 is 0 Å². The number of amides is 2. The predicted molar refractivity (Wildman–Crippen MR) is 123 cm³/mol. The van der Waals surface area contributed by atoms with Crippen molar-refractivity contribution in [2.24, 2.45) is 5.92 Å². The fourth-order valence-electron chi connectivity index (χ4n) is 3.89. The molecule has 0 aliphatic heterocycles. The molecule has 0 saturated heterocycles. The van der Waals surface area contributed by atoms with E-state index in [1.165, 1.54) is 44.9 Å². The average Bonchev–Trinajstić information content (AvgIpc) is 2.61. The molecule has 0 radical (unpaired) electrons. The highest BCUT2D eigenvalue weighted by Crippen LogP contribution is 2.25. The van der Waals surface area contributed by atoms with Crippen LogP contribution in [0.1, 0.15) is 105 Å². The van der Waals surface area contributed by atoms with Gasteiger partial charge in [0.25, 0.3) is 0 Å². The van der Waals surface area contributed by atoms with Crippen LogP contribution < -0.4 is 10.6 Å². The third-order valence-corrected chi connectivity index (χ3v) is 5.90. The zero-order valence-electron chi connectivity index (χ0n) is 20.0. The minimum absolute atomic E-state index is 0.00349. The Hall–Kier alpha value is -1.54. The van der Waals surface area contributed by atoms with Crippen molar-refractivity contribution in [3.05, 3.63) is 0 Å². The Morgan fingerprint density at radius 1 is 0.967 bits per heavy atom. The molecule has 0 aromatic carbocycles. The molecule has 172 valence electrons. The van der Waals surface area contributed by atoms with E-state index in [-0.39, 0.29) is 23.0 Å². The van der Waals surface area contributed by atoms with Crippen molar-refractivity contribution in [1.82, 2.24) is 10.6 Å². The highest BCUT2D eigenvalue weighted by Gasteiger charge is 2.25. The standard InChI is InChI=1S/C25H44N2O3/c1-6-7-18-26-22(28)15-16-25(4,5)30-19-17-24(2,3)27-23(29)20-21-13-11-9-8-10-12-14-21/h21H,8-20H2,1-5H3,(H,26,28)(H,27,29). The van der Waals surface area contributed by atoms with E-state index >= 15 is 0 Å². The van der Waals surface area contributed by atoms with Crippen LogP contribution in [0.2, 0.25) is 0 Å². The molecule has 1 aliphatic carbocycles. The van der Waals surface area contributed by atoms with Crippen molar-refractivity contribution < 1.29 is 14.3 Å².